The lowest BCUT2D eigenvalue weighted by molar-refractivity contribution is 0.0953. The number of halogens is 1. The smallest absolute Gasteiger partial charge is 0.251 e. The quantitative estimate of drug-likeness (QED) is 0.817. The molecule has 0 aromatic heterocycles. The number of nitrogens with zero attached hydrogens (tertiary/aromatic N) is 1. The molecule has 0 bridgehead atoms. The summed E-state index contributed by atoms with van der Waals surface area (Å²) in [6.45, 7) is 2.58. The zero-order chi connectivity index (χ0) is 12.7. The SMILES string of the molecule is CCC(Cl)CCNC(=O)c1ccc(C#N)cc1. The van der Waals surface area contributed by atoms with Crippen LogP contribution in [0.4, 0.5) is 0 Å². The zero-order valence-electron chi connectivity index (χ0n) is 9.74. The molecule has 0 aliphatic heterocycles. The van der Waals surface area contributed by atoms with Crippen LogP contribution in [0.2, 0.25) is 0 Å². The molecule has 1 N–H and O–H groups in total. The van der Waals surface area contributed by atoms with Gasteiger partial charge in [-0.05, 0) is 37.1 Å². The first kappa shape index (κ1) is 13.5. The first-order valence-electron chi connectivity index (χ1n) is 5.59. The predicted octanol–water partition coefficient (Wildman–Crippen LogP) is 2.70. The lowest BCUT2D eigenvalue weighted by atomic mass is 10.1. The minimum absolute atomic E-state index is 0.108. The molecule has 1 aromatic rings. The largest absolute Gasteiger partial charge is 0.352 e. The fourth-order valence-electron chi connectivity index (χ4n) is 1.34. The molecule has 1 rings (SSSR count). The van der Waals surface area contributed by atoms with Crippen LogP contribution in [0.5, 0.6) is 0 Å². The van der Waals surface area contributed by atoms with Crippen molar-refractivity contribution in [2.45, 2.75) is 25.1 Å². The van der Waals surface area contributed by atoms with E-state index in [2.05, 4.69) is 5.32 Å². The summed E-state index contributed by atoms with van der Waals surface area (Å²) in [5.74, 6) is -0.130. The Labute approximate surface area is 106 Å². The number of benzene rings is 1. The van der Waals surface area contributed by atoms with Crippen molar-refractivity contribution < 1.29 is 4.79 Å². The van der Waals surface area contributed by atoms with Crippen molar-refractivity contribution >= 4 is 17.5 Å². The lowest BCUT2D eigenvalue weighted by Crippen LogP contribution is -2.25. The van der Waals surface area contributed by atoms with Crippen molar-refractivity contribution in [3.63, 3.8) is 0 Å². The maximum absolute atomic E-state index is 11.7. The van der Waals surface area contributed by atoms with E-state index in [0.717, 1.165) is 12.8 Å². The number of nitrogens with one attached hydrogen (secondary N) is 1. The molecular weight excluding hydrogens is 236 g/mol. The highest BCUT2D eigenvalue weighted by molar-refractivity contribution is 6.20. The number of amides is 1. The zero-order valence-corrected chi connectivity index (χ0v) is 10.5. The van der Waals surface area contributed by atoms with Crippen LogP contribution < -0.4 is 5.32 Å². The number of carbonyl (C=O) groups is 1. The molecule has 0 fully saturated rings. The molecule has 0 radical (unpaired) electrons. The van der Waals surface area contributed by atoms with E-state index in [1.807, 2.05) is 13.0 Å². The van der Waals surface area contributed by atoms with Gasteiger partial charge in [-0.3, -0.25) is 4.79 Å². The molecule has 0 saturated carbocycles. The van der Waals surface area contributed by atoms with E-state index in [1.165, 1.54) is 0 Å². The Morgan fingerprint density at radius 1 is 1.47 bits per heavy atom. The minimum Gasteiger partial charge on any atom is -0.352 e. The van der Waals surface area contributed by atoms with Crippen LogP contribution in [-0.2, 0) is 0 Å². The molecule has 3 nitrogen and oxygen atoms in total. The summed E-state index contributed by atoms with van der Waals surface area (Å²) < 4.78 is 0. The minimum atomic E-state index is -0.130. The molecule has 0 spiro atoms. The second-order valence-corrected chi connectivity index (χ2v) is 4.36. The van der Waals surface area contributed by atoms with Crippen molar-refractivity contribution in [3.8, 4) is 6.07 Å². The van der Waals surface area contributed by atoms with E-state index in [4.69, 9.17) is 16.9 Å². The number of rotatable bonds is 5. The maximum Gasteiger partial charge on any atom is 0.251 e. The van der Waals surface area contributed by atoms with Gasteiger partial charge in [-0.25, -0.2) is 0 Å². The molecule has 1 aromatic carbocycles. The number of alkyl halides is 1. The first-order valence-corrected chi connectivity index (χ1v) is 6.03. The van der Waals surface area contributed by atoms with Crippen LogP contribution in [0.3, 0.4) is 0 Å². The van der Waals surface area contributed by atoms with Gasteiger partial charge >= 0.3 is 0 Å². The van der Waals surface area contributed by atoms with E-state index < -0.39 is 0 Å². The monoisotopic (exact) mass is 250 g/mol. The Morgan fingerprint density at radius 3 is 2.65 bits per heavy atom. The number of carbonyl (C=O) groups excluding carboxylic acids is 1. The first-order chi connectivity index (χ1) is 8.17. The van der Waals surface area contributed by atoms with Gasteiger partial charge in [0.2, 0.25) is 0 Å². The summed E-state index contributed by atoms with van der Waals surface area (Å²) in [6.07, 6.45) is 1.66. The molecular formula is C13H15ClN2O. The third-order valence-corrected chi connectivity index (χ3v) is 2.99. The summed E-state index contributed by atoms with van der Waals surface area (Å²) in [7, 11) is 0. The lowest BCUT2D eigenvalue weighted by Gasteiger charge is -2.08. The molecule has 0 aliphatic carbocycles. The van der Waals surface area contributed by atoms with Crippen LogP contribution in [0, 0.1) is 11.3 Å². The Morgan fingerprint density at radius 2 is 2.12 bits per heavy atom. The fraction of sp³-hybridized carbons (Fsp3) is 0.385. The Kier molecular flexibility index (Phi) is 5.51. The van der Waals surface area contributed by atoms with Crippen molar-refractivity contribution in [2.24, 2.45) is 0 Å². The number of hydrogen-bond acceptors (Lipinski definition) is 2. The summed E-state index contributed by atoms with van der Waals surface area (Å²) >= 11 is 5.95. The standard InChI is InChI=1S/C13H15ClN2O/c1-2-12(14)7-8-16-13(17)11-5-3-10(9-15)4-6-11/h3-6,12H,2,7-8H2,1H3,(H,16,17). The Hall–Kier alpha value is -1.53. The highest BCUT2D eigenvalue weighted by Crippen LogP contribution is 2.06. The van der Waals surface area contributed by atoms with E-state index in [-0.39, 0.29) is 11.3 Å². The third kappa shape index (κ3) is 4.46. The van der Waals surface area contributed by atoms with Crippen LogP contribution in [0.15, 0.2) is 24.3 Å². The molecule has 1 amide bonds. The summed E-state index contributed by atoms with van der Waals surface area (Å²) in [5.41, 5.74) is 1.11. The number of nitriles is 1. The highest BCUT2D eigenvalue weighted by atomic mass is 35.5. The predicted molar refractivity (Wildman–Crippen MR) is 68.0 cm³/mol. The van der Waals surface area contributed by atoms with Crippen LogP contribution in [0.1, 0.15) is 35.7 Å². The average molecular weight is 251 g/mol. The molecule has 1 atom stereocenters. The second-order valence-electron chi connectivity index (χ2n) is 3.74. The second kappa shape index (κ2) is 6.93. The molecule has 1 unspecified atom stereocenters. The van der Waals surface area contributed by atoms with Gasteiger partial charge in [-0.2, -0.15) is 5.26 Å². The Bertz CT molecular complexity index is 408. The van der Waals surface area contributed by atoms with Crippen LogP contribution in [0.25, 0.3) is 0 Å². The van der Waals surface area contributed by atoms with Gasteiger partial charge < -0.3 is 5.32 Å². The van der Waals surface area contributed by atoms with Crippen molar-refractivity contribution in [2.75, 3.05) is 6.54 Å². The van der Waals surface area contributed by atoms with Gasteiger partial charge in [0.25, 0.3) is 5.91 Å². The number of hydrogen-bond donors (Lipinski definition) is 1. The molecule has 0 saturated heterocycles. The van der Waals surface area contributed by atoms with Gasteiger partial charge in [0.05, 0.1) is 11.6 Å². The highest BCUT2D eigenvalue weighted by Gasteiger charge is 2.06. The van der Waals surface area contributed by atoms with E-state index in [1.54, 1.807) is 24.3 Å². The van der Waals surface area contributed by atoms with Crippen molar-refractivity contribution in [1.29, 1.82) is 5.26 Å². The van der Waals surface area contributed by atoms with Gasteiger partial charge in [0, 0.05) is 17.5 Å². The maximum atomic E-state index is 11.7. The fourth-order valence-corrected chi connectivity index (χ4v) is 1.45. The van der Waals surface area contributed by atoms with Crippen molar-refractivity contribution in [3.05, 3.63) is 35.4 Å². The van der Waals surface area contributed by atoms with Crippen molar-refractivity contribution in [1.82, 2.24) is 5.32 Å². The van der Waals surface area contributed by atoms with E-state index in [9.17, 15) is 4.79 Å². The molecule has 0 heterocycles. The van der Waals surface area contributed by atoms with Gasteiger partial charge in [0.1, 0.15) is 0 Å². The summed E-state index contributed by atoms with van der Waals surface area (Å²) in [6, 6.07) is 8.56. The summed E-state index contributed by atoms with van der Waals surface area (Å²) in [5, 5.41) is 11.5. The molecule has 17 heavy (non-hydrogen) atoms. The van der Waals surface area contributed by atoms with E-state index in [0.29, 0.717) is 17.7 Å². The van der Waals surface area contributed by atoms with Crippen LogP contribution >= 0.6 is 11.6 Å². The third-order valence-electron chi connectivity index (χ3n) is 2.46. The van der Waals surface area contributed by atoms with Gasteiger partial charge in [-0.1, -0.05) is 6.92 Å². The van der Waals surface area contributed by atoms with Gasteiger partial charge in [0.15, 0.2) is 0 Å². The van der Waals surface area contributed by atoms with Gasteiger partial charge in [-0.15, -0.1) is 11.6 Å². The average Bonchev–Trinajstić information content (AvgIpc) is 2.38. The molecule has 90 valence electrons. The van der Waals surface area contributed by atoms with Crippen LogP contribution in [-0.4, -0.2) is 17.8 Å². The normalized spacial score (nSPS) is 11.6. The Balaban J connectivity index is 2.44. The topological polar surface area (TPSA) is 52.9 Å². The summed E-state index contributed by atoms with van der Waals surface area (Å²) in [4.78, 5) is 11.7. The molecule has 0 aliphatic rings. The van der Waals surface area contributed by atoms with E-state index >= 15 is 0 Å². The molecule has 4 heteroatoms.